The monoisotopic (exact) mass is 277 g/mol. The Morgan fingerprint density at radius 3 is 2.90 bits per heavy atom. The lowest BCUT2D eigenvalue weighted by atomic mass is 10.1. The number of carbonyl (C=O) groups excluding carboxylic acids is 1. The first kappa shape index (κ1) is 15.0. The Morgan fingerprint density at radius 1 is 1.45 bits per heavy atom. The highest BCUT2D eigenvalue weighted by atomic mass is 16.5. The molecule has 1 aromatic carbocycles. The Morgan fingerprint density at radius 2 is 2.25 bits per heavy atom. The Labute approximate surface area is 120 Å². The van der Waals surface area contributed by atoms with Crippen molar-refractivity contribution in [3.05, 3.63) is 29.3 Å². The van der Waals surface area contributed by atoms with Gasteiger partial charge in [-0.3, -0.25) is 4.79 Å². The van der Waals surface area contributed by atoms with E-state index < -0.39 is 6.10 Å². The van der Waals surface area contributed by atoms with Crippen LogP contribution in [0, 0.1) is 13.8 Å². The Balaban J connectivity index is 1.81. The Hall–Kier alpha value is -1.39. The van der Waals surface area contributed by atoms with Gasteiger partial charge in [-0.1, -0.05) is 6.07 Å². The molecule has 110 valence electrons. The van der Waals surface area contributed by atoms with E-state index in [2.05, 4.69) is 5.32 Å². The van der Waals surface area contributed by atoms with Crippen LogP contribution in [0.2, 0.25) is 0 Å². The lowest BCUT2D eigenvalue weighted by molar-refractivity contribution is -0.128. The van der Waals surface area contributed by atoms with Crippen molar-refractivity contribution in [1.29, 1.82) is 0 Å². The maximum atomic E-state index is 12.0. The van der Waals surface area contributed by atoms with Gasteiger partial charge in [-0.25, -0.2) is 0 Å². The van der Waals surface area contributed by atoms with Crippen LogP contribution in [0.15, 0.2) is 18.2 Å². The van der Waals surface area contributed by atoms with Gasteiger partial charge < -0.3 is 14.8 Å². The molecule has 1 aromatic rings. The van der Waals surface area contributed by atoms with E-state index in [1.165, 1.54) is 5.56 Å². The van der Waals surface area contributed by atoms with E-state index in [4.69, 9.17) is 9.47 Å². The smallest absolute Gasteiger partial charge is 0.253 e. The number of amides is 1. The van der Waals surface area contributed by atoms with Crippen molar-refractivity contribution in [1.82, 2.24) is 0 Å². The minimum Gasteiger partial charge on any atom is -0.376 e. The van der Waals surface area contributed by atoms with Gasteiger partial charge in [-0.05, 0) is 56.9 Å². The normalized spacial score (nSPS) is 19.9. The molecular weight excluding hydrogens is 254 g/mol. The van der Waals surface area contributed by atoms with Gasteiger partial charge >= 0.3 is 0 Å². The highest BCUT2D eigenvalue weighted by Gasteiger charge is 2.19. The zero-order valence-electron chi connectivity index (χ0n) is 12.4. The molecule has 1 N–H and O–H groups in total. The predicted octanol–water partition coefficient (Wildman–Crippen LogP) is 2.83. The van der Waals surface area contributed by atoms with Gasteiger partial charge in [0.2, 0.25) is 0 Å². The molecule has 0 bridgehead atoms. The van der Waals surface area contributed by atoms with E-state index in [0.29, 0.717) is 6.61 Å². The number of rotatable bonds is 5. The van der Waals surface area contributed by atoms with E-state index in [9.17, 15) is 4.79 Å². The molecule has 1 aliphatic rings. The number of hydrogen-bond donors (Lipinski definition) is 1. The number of aryl methyl sites for hydroxylation is 2. The van der Waals surface area contributed by atoms with Crippen molar-refractivity contribution in [3.63, 3.8) is 0 Å². The number of anilines is 1. The molecule has 2 atom stereocenters. The summed E-state index contributed by atoms with van der Waals surface area (Å²) in [7, 11) is 0. The number of carbonyl (C=O) groups is 1. The van der Waals surface area contributed by atoms with Crippen molar-refractivity contribution in [2.24, 2.45) is 0 Å². The highest BCUT2D eigenvalue weighted by molar-refractivity contribution is 5.94. The predicted molar refractivity (Wildman–Crippen MR) is 78.9 cm³/mol. The largest absolute Gasteiger partial charge is 0.376 e. The second kappa shape index (κ2) is 6.86. The van der Waals surface area contributed by atoms with E-state index in [-0.39, 0.29) is 12.0 Å². The molecule has 4 heteroatoms. The molecular formula is C16H23NO3. The lowest BCUT2D eigenvalue weighted by Gasteiger charge is -2.16. The second-order valence-electron chi connectivity index (χ2n) is 5.40. The quantitative estimate of drug-likeness (QED) is 0.900. The summed E-state index contributed by atoms with van der Waals surface area (Å²) in [6.07, 6.45) is 1.77. The maximum absolute atomic E-state index is 12.0. The van der Waals surface area contributed by atoms with E-state index >= 15 is 0 Å². The zero-order chi connectivity index (χ0) is 14.5. The summed E-state index contributed by atoms with van der Waals surface area (Å²) in [5, 5.41) is 2.88. The van der Waals surface area contributed by atoms with Crippen LogP contribution in [0.3, 0.4) is 0 Å². The van der Waals surface area contributed by atoms with Crippen molar-refractivity contribution < 1.29 is 14.3 Å². The molecule has 1 saturated heterocycles. The fourth-order valence-corrected chi connectivity index (χ4v) is 2.17. The Kier molecular flexibility index (Phi) is 5.15. The first-order valence-corrected chi connectivity index (χ1v) is 7.17. The third-order valence-electron chi connectivity index (χ3n) is 3.70. The molecule has 20 heavy (non-hydrogen) atoms. The summed E-state index contributed by atoms with van der Waals surface area (Å²) in [5.41, 5.74) is 3.19. The summed E-state index contributed by atoms with van der Waals surface area (Å²) in [6.45, 7) is 7.14. The number of benzene rings is 1. The molecule has 1 heterocycles. The summed E-state index contributed by atoms with van der Waals surface area (Å²) in [5.74, 6) is -0.119. The topological polar surface area (TPSA) is 47.6 Å². The fourth-order valence-electron chi connectivity index (χ4n) is 2.17. The first-order chi connectivity index (χ1) is 9.56. The van der Waals surface area contributed by atoms with Gasteiger partial charge in [0.15, 0.2) is 0 Å². The molecule has 1 fully saturated rings. The molecule has 0 aromatic heterocycles. The number of hydrogen-bond acceptors (Lipinski definition) is 3. The van der Waals surface area contributed by atoms with Crippen LogP contribution in [0.5, 0.6) is 0 Å². The molecule has 0 aliphatic carbocycles. The van der Waals surface area contributed by atoms with Gasteiger partial charge in [0, 0.05) is 12.3 Å². The van der Waals surface area contributed by atoms with Crippen LogP contribution < -0.4 is 5.32 Å². The minimum absolute atomic E-state index is 0.119. The molecule has 0 radical (unpaired) electrons. The lowest BCUT2D eigenvalue weighted by Crippen LogP contribution is -2.30. The first-order valence-electron chi connectivity index (χ1n) is 7.17. The average Bonchev–Trinajstić information content (AvgIpc) is 2.93. The second-order valence-corrected chi connectivity index (χ2v) is 5.40. The molecule has 0 spiro atoms. The Bertz CT molecular complexity index is 467. The number of ether oxygens (including phenoxy) is 2. The van der Waals surface area contributed by atoms with Crippen LogP contribution >= 0.6 is 0 Å². The van der Waals surface area contributed by atoms with Gasteiger partial charge in [-0.15, -0.1) is 0 Å². The van der Waals surface area contributed by atoms with Crippen LogP contribution in [0.1, 0.15) is 30.9 Å². The van der Waals surface area contributed by atoms with Crippen LogP contribution in [-0.2, 0) is 14.3 Å². The SMILES string of the molecule is Cc1ccc(NC(=O)[C@@H](C)OC[C@@H]2CCCO2)cc1C. The summed E-state index contributed by atoms with van der Waals surface area (Å²) in [6, 6.07) is 5.88. The van der Waals surface area contributed by atoms with Crippen molar-refractivity contribution in [2.45, 2.75) is 45.8 Å². The molecule has 4 nitrogen and oxygen atoms in total. The van der Waals surface area contributed by atoms with Crippen LogP contribution in [-0.4, -0.2) is 31.3 Å². The van der Waals surface area contributed by atoms with Gasteiger partial charge in [0.25, 0.3) is 5.91 Å². The van der Waals surface area contributed by atoms with Crippen molar-refractivity contribution in [3.8, 4) is 0 Å². The van der Waals surface area contributed by atoms with Gasteiger partial charge in [0.05, 0.1) is 12.7 Å². The molecule has 2 rings (SSSR count). The molecule has 0 unspecified atom stereocenters. The maximum Gasteiger partial charge on any atom is 0.253 e. The average molecular weight is 277 g/mol. The zero-order valence-corrected chi connectivity index (χ0v) is 12.4. The van der Waals surface area contributed by atoms with Crippen LogP contribution in [0.4, 0.5) is 5.69 Å². The van der Waals surface area contributed by atoms with E-state index in [1.807, 2.05) is 32.0 Å². The molecule has 1 amide bonds. The summed E-state index contributed by atoms with van der Waals surface area (Å²) in [4.78, 5) is 12.0. The van der Waals surface area contributed by atoms with E-state index in [0.717, 1.165) is 30.7 Å². The molecule has 1 aliphatic heterocycles. The van der Waals surface area contributed by atoms with Crippen molar-refractivity contribution >= 4 is 11.6 Å². The fraction of sp³-hybridized carbons (Fsp3) is 0.562. The third-order valence-corrected chi connectivity index (χ3v) is 3.70. The minimum atomic E-state index is -0.471. The van der Waals surface area contributed by atoms with Gasteiger partial charge in [-0.2, -0.15) is 0 Å². The van der Waals surface area contributed by atoms with Crippen molar-refractivity contribution in [2.75, 3.05) is 18.5 Å². The molecule has 0 saturated carbocycles. The van der Waals surface area contributed by atoms with Crippen LogP contribution in [0.25, 0.3) is 0 Å². The standard InChI is InChI=1S/C16H23NO3/c1-11-6-7-14(9-12(11)2)17-16(18)13(3)20-10-15-5-4-8-19-15/h6-7,9,13,15H,4-5,8,10H2,1-3H3,(H,17,18)/t13-,15+/m1/s1. The highest BCUT2D eigenvalue weighted by Crippen LogP contribution is 2.16. The number of nitrogens with one attached hydrogen (secondary N) is 1. The summed E-state index contributed by atoms with van der Waals surface area (Å²) >= 11 is 0. The van der Waals surface area contributed by atoms with Gasteiger partial charge in [0.1, 0.15) is 6.10 Å². The summed E-state index contributed by atoms with van der Waals surface area (Å²) < 4.78 is 11.1. The third kappa shape index (κ3) is 4.05. The van der Waals surface area contributed by atoms with E-state index in [1.54, 1.807) is 6.92 Å².